The molecule has 4 nitrogen and oxygen atoms in total. The van der Waals surface area contributed by atoms with Gasteiger partial charge in [0, 0.05) is 17.2 Å². The van der Waals surface area contributed by atoms with Gasteiger partial charge in [0.1, 0.15) is 5.82 Å². The molecule has 0 aliphatic rings. The Balaban J connectivity index is 1.96. The number of hydrogen-bond acceptors (Lipinski definition) is 3. The van der Waals surface area contributed by atoms with Crippen LogP contribution in [0, 0.1) is 11.0 Å². The SMILES string of the molecule is O=C(CSc1cccc[n+]1[O-])Nc1cc(Cl)ccc1F. The number of carbonyl (C=O) groups excluding carboxylic acids is 1. The molecule has 0 saturated heterocycles. The lowest BCUT2D eigenvalue weighted by Crippen LogP contribution is -2.28. The maximum atomic E-state index is 13.4. The second-order valence-electron chi connectivity index (χ2n) is 3.83. The Bertz CT molecular complexity index is 640. The van der Waals surface area contributed by atoms with E-state index in [0.29, 0.717) is 14.8 Å². The lowest BCUT2D eigenvalue weighted by Gasteiger charge is -2.06. The van der Waals surface area contributed by atoms with E-state index in [1.54, 1.807) is 18.2 Å². The topological polar surface area (TPSA) is 56.0 Å². The van der Waals surface area contributed by atoms with Crippen molar-refractivity contribution in [1.82, 2.24) is 0 Å². The highest BCUT2D eigenvalue weighted by atomic mass is 35.5. The van der Waals surface area contributed by atoms with E-state index in [1.165, 1.54) is 24.4 Å². The van der Waals surface area contributed by atoms with E-state index in [2.05, 4.69) is 5.32 Å². The fourth-order valence-corrected chi connectivity index (χ4v) is 2.33. The summed E-state index contributed by atoms with van der Waals surface area (Å²) in [6.07, 6.45) is 1.34. The molecule has 104 valence electrons. The highest BCUT2D eigenvalue weighted by Crippen LogP contribution is 2.20. The molecule has 0 spiro atoms. The van der Waals surface area contributed by atoms with Gasteiger partial charge in [-0.1, -0.05) is 11.6 Å². The summed E-state index contributed by atoms with van der Waals surface area (Å²) in [7, 11) is 0. The first-order chi connectivity index (χ1) is 9.56. The standard InChI is InChI=1S/C13H10ClFN2O2S/c14-9-4-5-10(15)11(7-9)16-12(18)8-20-13-3-1-2-6-17(13)19/h1-7H,8H2,(H,16,18). The molecule has 1 aromatic carbocycles. The van der Waals surface area contributed by atoms with Crippen LogP contribution in [0.4, 0.5) is 10.1 Å². The number of rotatable bonds is 4. The van der Waals surface area contributed by atoms with Gasteiger partial charge < -0.3 is 10.5 Å². The average molecular weight is 313 g/mol. The Hall–Kier alpha value is -1.79. The van der Waals surface area contributed by atoms with E-state index >= 15 is 0 Å². The summed E-state index contributed by atoms with van der Waals surface area (Å²) < 4.78 is 14.1. The van der Waals surface area contributed by atoms with E-state index in [0.717, 1.165) is 11.8 Å². The molecule has 0 unspecified atom stereocenters. The van der Waals surface area contributed by atoms with Crippen molar-refractivity contribution in [2.75, 3.05) is 11.1 Å². The summed E-state index contributed by atoms with van der Waals surface area (Å²) in [6.45, 7) is 0. The molecule has 0 aliphatic heterocycles. The van der Waals surface area contributed by atoms with Gasteiger partial charge in [0.15, 0.2) is 6.20 Å². The molecule has 0 atom stereocenters. The summed E-state index contributed by atoms with van der Waals surface area (Å²) in [5, 5.41) is 14.5. The number of thioether (sulfide) groups is 1. The van der Waals surface area contributed by atoms with Crippen LogP contribution in [0.3, 0.4) is 0 Å². The van der Waals surface area contributed by atoms with E-state index < -0.39 is 11.7 Å². The lowest BCUT2D eigenvalue weighted by atomic mass is 10.3. The van der Waals surface area contributed by atoms with E-state index in [4.69, 9.17) is 11.6 Å². The molecule has 7 heteroatoms. The second-order valence-corrected chi connectivity index (χ2v) is 5.26. The van der Waals surface area contributed by atoms with Crippen LogP contribution in [-0.2, 0) is 4.79 Å². The molecule has 0 fully saturated rings. The van der Waals surface area contributed by atoms with Gasteiger partial charge in [-0.05, 0) is 36.0 Å². The molecule has 0 saturated carbocycles. The van der Waals surface area contributed by atoms with Crippen molar-refractivity contribution in [3.05, 3.63) is 58.6 Å². The van der Waals surface area contributed by atoms with Gasteiger partial charge in [-0.2, -0.15) is 4.73 Å². The zero-order chi connectivity index (χ0) is 14.5. The van der Waals surface area contributed by atoms with Crippen LogP contribution < -0.4 is 10.0 Å². The molecule has 1 heterocycles. The quantitative estimate of drug-likeness (QED) is 0.536. The fourth-order valence-electron chi connectivity index (χ4n) is 1.44. The molecular formula is C13H10ClFN2O2S. The van der Waals surface area contributed by atoms with Gasteiger partial charge in [0.05, 0.1) is 11.4 Å². The molecule has 0 radical (unpaired) electrons. The highest BCUT2D eigenvalue weighted by Gasteiger charge is 2.11. The normalized spacial score (nSPS) is 10.3. The molecule has 2 rings (SSSR count). The first-order valence-electron chi connectivity index (χ1n) is 5.62. The number of nitrogens with zero attached hydrogens (tertiary/aromatic N) is 1. The Morgan fingerprint density at radius 1 is 1.40 bits per heavy atom. The minimum Gasteiger partial charge on any atom is -0.618 e. The maximum Gasteiger partial charge on any atom is 0.251 e. The largest absolute Gasteiger partial charge is 0.618 e. The Morgan fingerprint density at radius 2 is 2.20 bits per heavy atom. The van der Waals surface area contributed by atoms with Crippen LogP contribution in [0.1, 0.15) is 0 Å². The van der Waals surface area contributed by atoms with Crippen molar-refractivity contribution in [3.8, 4) is 0 Å². The number of pyridine rings is 1. The molecule has 0 bridgehead atoms. The first-order valence-corrected chi connectivity index (χ1v) is 6.98. The Labute approximate surface area is 124 Å². The monoisotopic (exact) mass is 312 g/mol. The van der Waals surface area contributed by atoms with Crippen LogP contribution >= 0.6 is 23.4 Å². The van der Waals surface area contributed by atoms with Gasteiger partial charge in [0.2, 0.25) is 5.91 Å². The van der Waals surface area contributed by atoms with Crippen molar-refractivity contribution >= 4 is 35.0 Å². The van der Waals surface area contributed by atoms with Gasteiger partial charge in [-0.25, -0.2) is 4.39 Å². The number of benzene rings is 1. The number of nitrogens with one attached hydrogen (secondary N) is 1. The van der Waals surface area contributed by atoms with E-state index in [-0.39, 0.29) is 11.4 Å². The van der Waals surface area contributed by atoms with E-state index in [9.17, 15) is 14.4 Å². The zero-order valence-electron chi connectivity index (χ0n) is 10.2. The number of aromatic nitrogens is 1. The van der Waals surface area contributed by atoms with Gasteiger partial charge in [-0.15, -0.1) is 0 Å². The van der Waals surface area contributed by atoms with E-state index in [1.807, 2.05) is 0 Å². The number of hydrogen-bond donors (Lipinski definition) is 1. The number of carbonyl (C=O) groups is 1. The van der Waals surface area contributed by atoms with Crippen molar-refractivity contribution in [2.45, 2.75) is 5.03 Å². The number of anilines is 1. The Morgan fingerprint density at radius 3 is 2.95 bits per heavy atom. The summed E-state index contributed by atoms with van der Waals surface area (Å²) in [5.41, 5.74) is 0.0196. The van der Waals surface area contributed by atoms with Gasteiger partial charge in [0.25, 0.3) is 5.03 Å². The molecule has 1 aromatic heterocycles. The Kier molecular flexibility index (Phi) is 4.81. The van der Waals surface area contributed by atoms with Crippen molar-refractivity contribution < 1.29 is 13.9 Å². The van der Waals surface area contributed by atoms with Crippen molar-refractivity contribution in [2.24, 2.45) is 0 Å². The third kappa shape index (κ3) is 3.85. The predicted molar refractivity (Wildman–Crippen MR) is 76.2 cm³/mol. The minimum atomic E-state index is -0.564. The lowest BCUT2D eigenvalue weighted by molar-refractivity contribution is -0.645. The molecule has 1 N–H and O–H groups in total. The van der Waals surface area contributed by atoms with Gasteiger partial charge >= 0.3 is 0 Å². The molecule has 0 aliphatic carbocycles. The smallest absolute Gasteiger partial charge is 0.251 e. The van der Waals surface area contributed by atoms with Crippen LogP contribution in [0.2, 0.25) is 5.02 Å². The first kappa shape index (κ1) is 14.6. The third-order valence-electron chi connectivity index (χ3n) is 2.34. The van der Waals surface area contributed by atoms with Gasteiger partial charge in [-0.3, -0.25) is 4.79 Å². The summed E-state index contributed by atoms with van der Waals surface area (Å²) in [4.78, 5) is 11.7. The zero-order valence-corrected chi connectivity index (χ0v) is 11.7. The number of halogens is 2. The molecule has 20 heavy (non-hydrogen) atoms. The molecule has 1 amide bonds. The minimum absolute atomic E-state index is 0.00178. The maximum absolute atomic E-state index is 13.4. The van der Waals surface area contributed by atoms with Crippen LogP contribution in [0.5, 0.6) is 0 Å². The van der Waals surface area contributed by atoms with Crippen molar-refractivity contribution in [1.29, 1.82) is 0 Å². The second kappa shape index (κ2) is 6.58. The summed E-state index contributed by atoms with van der Waals surface area (Å²) >= 11 is 6.79. The molecular weight excluding hydrogens is 303 g/mol. The summed E-state index contributed by atoms with van der Waals surface area (Å²) in [5.74, 6) is -0.982. The summed E-state index contributed by atoms with van der Waals surface area (Å²) in [6, 6.07) is 8.80. The van der Waals surface area contributed by atoms with Crippen LogP contribution in [0.15, 0.2) is 47.6 Å². The fraction of sp³-hybridized carbons (Fsp3) is 0.0769. The highest BCUT2D eigenvalue weighted by molar-refractivity contribution is 7.99. The average Bonchev–Trinajstić information content (AvgIpc) is 2.42. The van der Waals surface area contributed by atoms with Crippen LogP contribution in [-0.4, -0.2) is 11.7 Å². The number of amides is 1. The third-order valence-corrected chi connectivity index (χ3v) is 3.60. The van der Waals surface area contributed by atoms with Crippen molar-refractivity contribution in [3.63, 3.8) is 0 Å². The molecule has 2 aromatic rings. The van der Waals surface area contributed by atoms with Crippen LogP contribution in [0.25, 0.3) is 0 Å². The predicted octanol–water partition coefficient (Wildman–Crippen LogP) is 2.84.